The zero-order chi connectivity index (χ0) is 12.1. The number of hydrogen-bond acceptors (Lipinski definition) is 2. The molecule has 0 saturated heterocycles. The van der Waals surface area contributed by atoms with Crippen molar-refractivity contribution >= 4 is 0 Å². The van der Waals surface area contributed by atoms with Gasteiger partial charge in [0, 0.05) is 24.5 Å². The Balaban J connectivity index is 1.77. The van der Waals surface area contributed by atoms with Crippen LogP contribution < -0.4 is 5.32 Å². The molecular formula is C14H25N3. The van der Waals surface area contributed by atoms with Crippen molar-refractivity contribution in [2.24, 2.45) is 5.92 Å². The Morgan fingerprint density at radius 2 is 2.06 bits per heavy atom. The normalized spacial score (nSPS) is 20.1. The van der Waals surface area contributed by atoms with E-state index in [4.69, 9.17) is 0 Å². The van der Waals surface area contributed by atoms with Crippen molar-refractivity contribution in [3.8, 4) is 0 Å². The average Bonchev–Trinajstić information content (AvgIpc) is 2.58. The van der Waals surface area contributed by atoms with E-state index in [2.05, 4.69) is 22.2 Å². The standard InChI is InChI=1S/C14H25N3/c1-11(13-7-5-3-4-6-8-13)15-9-14-10-16-12(2)17-14/h10-11,13,15H,3-9H2,1-2H3,(H,16,17)/t11-/m1/s1. The number of aryl methyl sites for hydroxylation is 1. The molecule has 0 amide bonds. The van der Waals surface area contributed by atoms with Crippen LogP contribution in [0.15, 0.2) is 6.20 Å². The third kappa shape index (κ3) is 3.84. The van der Waals surface area contributed by atoms with E-state index in [1.54, 1.807) is 0 Å². The Hall–Kier alpha value is -0.830. The van der Waals surface area contributed by atoms with E-state index < -0.39 is 0 Å². The zero-order valence-electron chi connectivity index (χ0n) is 11.1. The van der Waals surface area contributed by atoms with Crippen molar-refractivity contribution in [1.29, 1.82) is 0 Å². The van der Waals surface area contributed by atoms with Gasteiger partial charge in [-0.25, -0.2) is 4.98 Å². The molecule has 1 saturated carbocycles. The fourth-order valence-corrected chi connectivity index (χ4v) is 2.81. The summed E-state index contributed by atoms with van der Waals surface area (Å²) in [5.41, 5.74) is 1.20. The second-order valence-corrected chi connectivity index (χ2v) is 5.42. The molecule has 0 spiro atoms. The molecule has 17 heavy (non-hydrogen) atoms. The fraction of sp³-hybridized carbons (Fsp3) is 0.786. The number of H-pyrrole nitrogens is 1. The number of nitrogens with one attached hydrogen (secondary N) is 2. The van der Waals surface area contributed by atoms with Crippen molar-refractivity contribution < 1.29 is 0 Å². The van der Waals surface area contributed by atoms with Crippen LogP contribution in [0.5, 0.6) is 0 Å². The summed E-state index contributed by atoms with van der Waals surface area (Å²) in [6.07, 6.45) is 10.4. The lowest BCUT2D eigenvalue weighted by Crippen LogP contribution is -2.33. The summed E-state index contributed by atoms with van der Waals surface area (Å²) in [6, 6.07) is 0.622. The first-order valence-electron chi connectivity index (χ1n) is 6.99. The van der Waals surface area contributed by atoms with Gasteiger partial charge in [-0.05, 0) is 32.6 Å². The number of aromatic nitrogens is 2. The minimum absolute atomic E-state index is 0.622. The van der Waals surface area contributed by atoms with Gasteiger partial charge in [-0.2, -0.15) is 0 Å². The number of hydrogen-bond donors (Lipinski definition) is 2. The van der Waals surface area contributed by atoms with Crippen LogP contribution in [0, 0.1) is 12.8 Å². The summed E-state index contributed by atoms with van der Waals surface area (Å²) in [5.74, 6) is 1.87. The van der Waals surface area contributed by atoms with Gasteiger partial charge in [-0.3, -0.25) is 0 Å². The molecule has 1 heterocycles. The van der Waals surface area contributed by atoms with Gasteiger partial charge in [0.1, 0.15) is 5.82 Å². The molecule has 96 valence electrons. The molecule has 0 aromatic carbocycles. The monoisotopic (exact) mass is 235 g/mol. The van der Waals surface area contributed by atoms with Crippen LogP contribution in [0.1, 0.15) is 57.0 Å². The molecule has 0 bridgehead atoms. The Labute approximate surface area is 104 Å². The first-order valence-corrected chi connectivity index (χ1v) is 6.99. The van der Waals surface area contributed by atoms with Crippen LogP contribution in [-0.2, 0) is 6.54 Å². The molecular weight excluding hydrogens is 210 g/mol. The van der Waals surface area contributed by atoms with Crippen LogP contribution in [0.4, 0.5) is 0 Å². The zero-order valence-corrected chi connectivity index (χ0v) is 11.1. The molecule has 3 nitrogen and oxygen atoms in total. The number of imidazole rings is 1. The topological polar surface area (TPSA) is 40.7 Å². The lowest BCUT2D eigenvalue weighted by molar-refractivity contribution is 0.336. The minimum atomic E-state index is 0.622. The first-order chi connectivity index (χ1) is 8.25. The average molecular weight is 235 g/mol. The lowest BCUT2D eigenvalue weighted by Gasteiger charge is -2.23. The largest absolute Gasteiger partial charge is 0.345 e. The van der Waals surface area contributed by atoms with E-state index in [0.29, 0.717) is 6.04 Å². The molecule has 0 aliphatic heterocycles. The van der Waals surface area contributed by atoms with E-state index >= 15 is 0 Å². The van der Waals surface area contributed by atoms with Crippen LogP contribution >= 0.6 is 0 Å². The summed E-state index contributed by atoms with van der Waals surface area (Å²) in [4.78, 5) is 7.50. The number of nitrogens with zero attached hydrogens (tertiary/aromatic N) is 1. The Kier molecular flexibility index (Phi) is 4.60. The first kappa shape index (κ1) is 12.6. The van der Waals surface area contributed by atoms with Crippen molar-refractivity contribution in [1.82, 2.24) is 15.3 Å². The predicted octanol–water partition coefficient (Wildman–Crippen LogP) is 3.17. The highest BCUT2D eigenvalue weighted by atomic mass is 15.0. The van der Waals surface area contributed by atoms with Crippen LogP contribution in [0.3, 0.4) is 0 Å². The van der Waals surface area contributed by atoms with Crippen LogP contribution in [-0.4, -0.2) is 16.0 Å². The summed E-state index contributed by atoms with van der Waals surface area (Å²) in [5, 5.41) is 3.64. The van der Waals surface area contributed by atoms with Gasteiger partial charge in [0.15, 0.2) is 0 Å². The van der Waals surface area contributed by atoms with Gasteiger partial charge in [0.2, 0.25) is 0 Å². The molecule has 1 aromatic heterocycles. The molecule has 1 fully saturated rings. The minimum Gasteiger partial charge on any atom is -0.345 e. The smallest absolute Gasteiger partial charge is 0.103 e. The molecule has 1 aliphatic rings. The van der Waals surface area contributed by atoms with Crippen LogP contribution in [0.2, 0.25) is 0 Å². The number of aromatic amines is 1. The molecule has 1 aliphatic carbocycles. The van der Waals surface area contributed by atoms with Crippen molar-refractivity contribution in [3.63, 3.8) is 0 Å². The van der Waals surface area contributed by atoms with Crippen molar-refractivity contribution in [3.05, 3.63) is 17.7 Å². The molecule has 3 heteroatoms. The van der Waals surface area contributed by atoms with Gasteiger partial charge in [-0.1, -0.05) is 25.7 Å². The Bertz CT molecular complexity index is 324. The summed E-state index contributed by atoms with van der Waals surface area (Å²) < 4.78 is 0. The van der Waals surface area contributed by atoms with Gasteiger partial charge < -0.3 is 10.3 Å². The second-order valence-electron chi connectivity index (χ2n) is 5.42. The van der Waals surface area contributed by atoms with Crippen molar-refractivity contribution in [2.75, 3.05) is 0 Å². The van der Waals surface area contributed by atoms with Gasteiger partial charge in [0.05, 0.1) is 0 Å². The molecule has 0 unspecified atom stereocenters. The highest BCUT2D eigenvalue weighted by Crippen LogP contribution is 2.25. The van der Waals surface area contributed by atoms with E-state index in [0.717, 1.165) is 18.3 Å². The van der Waals surface area contributed by atoms with E-state index in [9.17, 15) is 0 Å². The lowest BCUT2D eigenvalue weighted by atomic mass is 9.93. The Morgan fingerprint density at radius 1 is 1.35 bits per heavy atom. The maximum Gasteiger partial charge on any atom is 0.103 e. The molecule has 2 N–H and O–H groups in total. The maximum absolute atomic E-state index is 4.23. The molecule has 1 atom stereocenters. The fourth-order valence-electron chi connectivity index (χ4n) is 2.81. The predicted molar refractivity (Wildman–Crippen MR) is 70.8 cm³/mol. The number of rotatable bonds is 4. The van der Waals surface area contributed by atoms with E-state index in [1.165, 1.54) is 44.2 Å². The highest BCUT2D eigenvalue weighted by Gasteiger charge is 2.18. The van der Waals surface area contributed by atoms with Gasteiger partial charge in [-0.15, -0.1) is 0 Å². The summed E-state index contributed by atoms with van der Waals surface area (Å²) in [7, 11) is 0. The summed E-state index contributed by atoms with van der Waals surface area (Å²) >= 11 is 0. The third-order valence-electron chi connectivity index (χ3n) is 3.98. The van der Waals surface area contributed by atoms with E-state index in [1.807, 2.05) is 13.1 Å². The molecule has 2 rings (SSSR count). The third-order valence-corrected chi connectivity index (χ3v) is 3.98. The summed E-state index contributed by atoms with van der Waals surface area (Å²) in [6.45, 7) is 5.25. The van der Waals surface area contributed by atoms with Gasteiger partial charge >= 0.3 is 0 Å². The van der Waals surface area contributed by atoms with Gasteiger partial charge in [0.25, 0.3) is 0 Å². The van der Waals surface area contributed by atoms with Crippen LogP contribution in [0.25, 0.3) is 0 Å². The maximum atomic E-state index is 4.23. The molecule has 1 aromatic rings. The molecule has 0 radical (unpaired) electrons. The van der Waals surface area contributed by atoms with Crippen molar-refractivity contribution in [2.45, 2.75) is 65.0 Å². The highest BCUT2D eigenvalue weighted by molar-refractivity contribution is 4.99. The second kappa shape index (κ2) is 6.20. The SMILES string of the molecule is Cc1ncc(CN[C@H](C)C2CCCCCC2)[nH]1. The Morgan fingerprint density at radius 3 is 2.65 bits per heavy atom. The van der Waals surface area contributed by atoms with E-state index in [-0.39, 0.29) is 0 Å². The quantitative estimate of drug-likeness (QED) is 0.787.